The van der Waals surface area contributed by atoms with Gasteiger partial charge in [-0.2, -0.15) is 5.10 Å². The molecule has 0 aromatic carbocycles. The van der Waals surface area contributed by atoms with E-state index >= 15 is 0 Å². The lowest BCUT2D eigenvalue weighted by Gasteiger charge is -2.24. The van der Waals surface area contributed by atoms with E-state index in [1.807, 2.05) is 17.9 Å². The van der Waals surface area contributed by atoms with Gasteiger partial charge in [0.05, 0.1) is 11.2 Å². The molecular formula is C13H24N4S. The van der Waals surface area contributed by atoms with Gasteiger partial charge in [-0.3, -0.25) is 4.68 Å². The number of aryl methyl sites for hydroxylation is 1. The first kappa shape index (κ1) is 15.1. The molecule has 4 nitrogen and oxygen atoms in total. The van der Waals surface area contributed by atoms with Crippen molar-refractivity contribution in [1.29, 1.82) is 0 Å². The fourth-order valence-electron chi connectivity index (χ4n) is 1.86. The SMILES string of the molecule is CN(CCCC(C)(C)C(N)=S)Cc1cnn(C)c1. The lowest BCUT2D eigenvalue weighted by molar-refractivity contribution is 0.301. The largest absolute Gasteiger partial charge is 0.393 e. The molecule has 18 heavy (non-hydrogen) atoms. The van der Waals surface area contributed by atoms with Gasteiger partial charge in [0.1, 0.15) is 0 Å². The summed E-state index contributed by atoms with van der Waals surface area (Å²) >= 11 is 5.07. The first-order chi connectivity index (χ1) is 8.31. The summed E-state index contributed by atoms with van der Waals surface area (Å²) in [6, 6.07) is 0. The molecule has 2 N–H and O–H groups in total. The molecule has 1 aromatic heterocycles. The van der Waals surface area contributed by atoms with Crippen LogP contribution in [0.1, 0.15) is 32.3 Å². The molecule has 0 amide bonds. The maximum Gasteiger partial charge on any atom is 0.0784 e. The van der Waals surface area contributed by atoms with Gasteiger partial charge in [0, 0.05) is 30.8 Å². The molecule has 0 fully saturated rings. The number of rotatable bonds is 7. The summed E-state index contributed by atoms with van der Waals surface area (Å²) in [6.07, 6.45) is 6.09. The first-order valence-electron chi connectivity index (χ1n) is 6.27. The minimum absolute atomic E-state index is 0.0372. The predicted octanol–water partition coefficient (Wildman–Crippen LogP) is 1.94. The lowest BCUT2D eigenvalue weighted by atomic mass is 9.88. The second-order valence-electron chi connectivity index (χ2n) is 5.61. The van der Waals surface area contributed by atoms with E-state index in [4.69, 9.17) is 18.0 Å². The molecule has 0 aliphatic heterocycles. The zero-order valence-electron chi connectivity index (χ0n) is 11.8. The molecule has 102 valence electrons. The third-order valence-electron chi connectivity index (χ3n) is 3.22. The maximum absolute atomic E-state index is 5.72. The van der Waals surface area contributed by atoms with Gasteiger partial charge in [-0.15, -0.1) is 0 Å². The van der Waals surface area contributed by atoms with Crippen molar-refractivity contribution in [1.82, 2.24) is 14.7 Å². The van der Waals surface area contributed by atoms with Gasteiger partial charge < -0.3 is 10.6 Å². The molecule has 0 radical (unpaired) electrons. The summed E-state index contributed by atoms with van der Waals surface area (Å²) in [4.78, 5) is 2.91. The number of aromatic nitrogens is 2. The van der Waals surface area contributed by atoms with Crippen molar-refractivity contribution < 1.29 is 0 Å². The zero-order valence-corrected chi connectivity index (χ0v) is 12.6. The van der Waals surface area contributed by atoms with Gasteiger partial charge in [-0.1, -0.05) is 26.1 Å². The van der Waals surface area contributed by atoms with Crippen LogP contribution in [-0.2, 0) is 13.6 Å². The number of hydrogen-bond acceptors (Lipinski definition) is 3. The van der Waals surface area contributed by atoms with Crippen molar-refractivity contribution >= 4 is 17.2 Å². The molecule has 5 heteroatoms. The van der Waals surface area contributed by atoms with Crippen LogP contribution in [0.25, 0.3) is 0 Å². The van der Waals surface area contributed by atoms with Gasteiger partial charge in [0.25, 0.3) is 0 Å². The Labute approximate surface area is 115 Å². The minimum atomic E-state index is -0.0372. The zero-order chi connectivity index (χ0) is 13.8. The van der Waals surface area contributed by atoms with E-state index in [1.165, 1.54) is 5.56 Å². The predicted molar refractivity (Wildman–Crippen MR) is 79.3 cm³/mol. The standard InChI is InChI=1S/C13H24N4S/c1-13(2,12(14)18)6-5-7-16(3)9-11-8-15-17(4)10-11/h8,10H,5-7,9H2,1-4H3,(H2,14,18). The second kappa shape index (κ2) is 6.29. The van der Waals surface area contributed by atoms with E-state index in [2.05, 4.69) is 37.1 Å². The summed E-state index contributed by atoms with van der Waals surface area (Å²) in [5.74, 6) is 0. The Balaban J connectivity index is 2.29. The summed E-state index contributed by atoms with van der Waals surface area (Å²) in [6.45, 7) is 6.19. The number of thiocarbonyl (C=S) groups is 1. The average molecular weight is 268 g/mol. The van der Waals surface area contributed by atoms with Crippen LogP contribution >= 0.6 is 12.2 Å². The van der Waals surface area contributed by atoms with Crippen LogP contribution in [0.5, 0.6) is 0 Å². The molecule has 0 spiro atoms. The summed E-state index contributed by atoms with van der Waals surface area (Å²) in [5.41, 5.74) is 6.93. The molecule has 1 aromatic rings. The molecule has 1 rings (SSSR count). The van der Waals surface area contributed by atoms with E-state index in [0.717, 1.165) is 25.9 Å². The Kier molecular flexibility index (Phi) is 5.28. The Morgan fingerprint density at radius 3 is 2.72 bits per heavy atom. The van der Waals surface area contributed by atoms with Crippen LogP contribution < -0.4 is 5.73 Å². The van der Waals surface area contributed by atoms with Gasteiger partial charge in [0.15, 0.2) is 0 Å². The Hall–Kier alpha value is -0.940. The summed E-state index contributed by atoms with van der Waals surface area (Å²) < 4.78 is 1.83. The van der Waals surface area contributed by atoms with E-state index in [-0.39, 0.29) is 5.41 Å². The van der Waals surface area contributed by atoms with Gasteiger partial charge in [-0.05, 0) is 26.4 Å². The third kappa shape index (κ3) is 4.74. The van der Waals surface area contributed by atoms with Crippen molar-refractivity contribution in [3.8, 4) is 0 Å². The second-order valence-corrected chi connectivity index (χ2v) is 6.05. The third-order valence-corrected chi connectivity index (χ3v) is 3.77. The Bertz CT molecular complexity index is 397. The van der Waals surface area contributed by atoms with Gasteiger partial charge in [-0.25, -0.2) is 0 Å². The fraction of sp³-hybridized carbons (Fsp3) is 0.692. The van der Waals surface area contributed by atoms with Crippen LogP contribution in [0.4, 0.5) is 0 Å². The first-order valence-corrected chi connectivity index (χ1v) is 6.68. The van der Waals surface area contributed by atoms with Crippen LogP contribution in [0.2, 0.25) is 0 Å². The number of nitrogens with two attached hydrogens (primary N) is 1. The quantitative estimate of drug-likeness (QED) is 0.768. The van der Waals surface area contributed by atoms with Crippen LogP contribution in [0.3, 0.4) is 0 Å². The highest BCUT2D eigenvalue weighted by atomic mass is 32.1. The normalized spacial score (nSPS) is 12.1. The van der Waals surface area contributed by atoms with E-state index in [1.54, 1.807) is 0 Å². The number of nitrogens with zero attached hydrogens (tertiary/aromatic N) is 3. The molecule has 1 heterocycles. The molecule has 0 aliphatic carbocycles. The molecular weight excluding hydrogens is 244 g/mol. The monoisotopic (exact) mass is 268 g/mol. The van der Waals surface area contributed by atoms with E-state index < -0.39 is 0 Å². The van der Waals surface area contributed by atoms with E-state index in [0.29, 0.717) is 4.99 Å². The van der Waals surface area contributed by atoms with Gasteiger partial charge >= 0.3 is 0 Å². The average Bonchev–Trinajstić information content (AvgIpc) is 2.63. The highest BCUT2D eigenvalue weighted by molar-refractivity contribution is 7.80. The number of hydrogen-bond donors (Lipinski definition) is 1. The highest BCUT2D eigenvalue weighted by Gasteiger charge is 2.20. The molecule has 0 saturated heterocycles. The molecule has 0 bridgehead atoms. The smallest absolute Gasteiger partial charge is 0.0784 e. The topological polar surface area (TPSA) is 47.1 Å². The van der Waals surface area contributed by atoms with E-state index in [9.17, 15) is 0 Å². The van der Waals surface area contributed by atoms with Crippen molar-refractivity contribution in [3.05, 3.63) is 18.0 Å². The summed E-state index contributed by atoms with van der Waals surface area (Å²) in [5, 5.41) is 4.17. The highest BCUT2D eigenvalue weighted by Crippen LogP contribution is 2.22. The minimum Gasteiger partial charge on any atom is -0.393 e. The lowest BCUT2D eigenvalue weighted by Crippen LogP contribution is -2.30. The van der Waals surface area contributed by atoms with Crippen molar-refractivity contribution in [2.45, 2.75) is 33.2 Å². The molecule has 0 saturated carbocycles. The van der Waals surface area contributed by atoms with Crippen LogP contribution in [-0.4, -0.2) is 33.3 Å². The fourth-order valence-corrected chi connectivity index (χ4v) is 1.96. The molecule has 0 aliphatic rings. The van der Waals surface area contributed by atoms with Crippen molar-refractivity contribution in [2.24, 2.45) is 18.2 Å². The van der Waals surface area contributed by atoms with Crippen LogP contribution in [0, 0.1) is 5.41 Å². The molecule has 0 atom stereocenters. The Morgan fingerprint density at radius 1 is 1.56 bits per heavy atom. The molecule has 0 unspecified atom stereocenters. The summed E-state index contributed by atoms with van der Waals surface area (Å²) in [7, 11) is 4.06. The van der Waals surface area contributed by atoms with Crippen LogP contribution in [0.15, 0.2) is 12.4 Å². The van der Waals surface area contributed by atoms with Crippen molar-refractivity contribution in [2.75, 3.05) is 13.6 Å². The van der Waals surface area contributed by atoms with Gasteiger partial charge in [0.2, 0.25) is 0 Å². The van der Waals surface area contributed by atoms with Crippen molar-refractivity contribution in [3.63, 3.8) is 0 Å². The Morgan fingerprint density at radius 2 is 2.22 bits per heavy atom. The maximum atomic E-state index is 5.72.